The van der Waals surface area contributed by atoms with Crippen LogP contribution >= 0.6 is 15.9 Å². The summed E-state index contributed by atoms with van der Waals surface area (Å²) in [6.45, 7) is 1.84. The number of rotatable bonds is 3. The Morgan fingerprint density at radius 1 is 1.12 bits per heavy atom. The number of nitrogens with zero attached hydrogens (tertiary/aromatic N) is 2. The standard InChI is InChI=1S/C18H12BrN3O3/c1-10-13-8-7-12(19)9-14(13)24-16(10)18(23)20-17-15(21-25-22-17)11-5-3-2-4-6-11/h2-9H,1H3,(H,20,22,23). The van der Waals surface area contributed by atoms with Crippen LogP contribution < -0.4 is 5.32 Å². The number of nitrogens with one attached hydrogen (secondary N) is 1. The molecule has 0 spiro atoms. The molecule has 2 aromatic heterocycles. The highest BCUT2D eigenvalue weighted by molar-refractivity contribution is 9.10. The van der Waals surface area contributed by atoms with Gasteiger partial charge in [-0.15, -0.1) is 0 Å². The van der Waals surface area contributed by atoms with Gasteiger partial charge in [-0.2, -0.15) is 0 Å². The molecule has 0 saturated carbocycles. The lowest BCUT2D eigenvalue weighted by Gasteiger charge is -2.01. The van der Waals surface area contributed by atoms with Crippen molar-refractivity contribution in [2.45, 2.75) is 6.92 Å². The summed E-state index contributed by atoms with van der Waals surface area (Å²) >= 11 is 3.40. The minimum atomic E-state index is -0.405. The molecule has 0 bridgehead atoms. The van der Waals surface area contributed by atoms with Gasteiger partial charge in [-0.3, -0.25) is 10.1 Å². The van der Waals surface area contributed by atoms with Crippen molar-refractivity contribution in [3.63, 3.8) is 0 Å². The zero-order valence-electron chi connectivity index (χ0n) is 13.1. The molecule has 0 aliphatic rings. The van der Waals surface area contributed by atoms with Crippen LogP contribution in [0.15, 0.2) is 62.0 Å². The van der Waals surface area contributed by atoms with Gasteiger partial charge in [-0.25, -0.2) is 4.63 Å². The van der Waals surface area contributed by atoms with E-state index in [0.29, 0.717) is 11.3 Å². The van der Waals surface area contributed by atoms with Crippen LogP contribution in [0.2, 0.25) is 0 Å². The number of carbonyl (C=O) groups is 1. The second kappa shape index (κ2) is 6.18. The summed E-state index contributed by atoms with van der Waals surface area (Å²) in [5.41, 5.74) is 2.66. The van der Waals surface area contributed by atoms with Crippen LogP contribution in [-0.2, 0) is 0 Å². The van der Waals surface area contributed by atoms with E-state index in [1.165, 1.54) is 0 Å². The maximum absolute atomic E-state index is 12.6. The van der Waals surface area contributed by atoms with Crippen molar-refractivity contribution >= 4 is 38.6 Å². The minimum Gasteiger partial charge on any atom is -0.451 e. The molecular formula is C18H12BrN3O3. The van der Waals surface area contributed by atoms with Crippen molar-refractivity contribution in [2.75, 3.05) is 5.32 Å². The van der Waals surface area contributed by atoms with Crippen molar-refractivity contribution in [1.82, 2.24) is 10.3 Å². The fourth-order valence-electron chi connectivity index (χ4n) is 2.64. The van der Waals surface area contributed by atoms with Gasteiger partial charge < -0.3 is 4.42 Å². The summed E-state index contributed by atoms with van der Waals surface area (Å²) < 4.78 is 11.4. The van der Waals surface area contributed by atoms with Crippen LogP contribution in [-0.4, -0.2) is 16.2 Å². The molecule has 0 fully saturated rings. The van der Waals surface area contributed by atoms with Gasteiger partial charge in [-0.05, 0) is 35.4 Å². The summed E-state index contributed by atoms with van der Waals surface area (Å²) in [7, 11) is 0. The fourth-order valence-corrected chi connectivity index (χ4v) is 2.98. The van der Waals surface area contributed by atoms with Crippen LogP contribution in [0.1, 0.15) is 16.1 Å². The third-order valence-electron chi connectivity index (χ3n) is 3.87. The summed E-state index contributed by atoms with van der Waals surface area (Å²) in [6, 6.07) is 15.0. The Morgan fingerprint density at radius 3 is 2.72 bits per heavy atom. The molecule has 6 nitrogen and oxygen atoms in total. The van der Waals surface area contributed by atoms with E-state index >= 15 is 0 Å². The molecule has 4 aromatic rings. The van der Waals surface area contributed by atoms with Crippen LogP contribution in [0.5, 0.6) is 0 Å². The average Bonchev–Trinajstić information content (AvgIpc) is 3.20. The van der Waals surface area contributed by atoms with Gasteiger partial charge in [0.15, 0.2) is 11.5 Å². The second-order valence-corrected chi connectivity index (χ2v) is 6.39. The molecule has 124 valence electrons. The lowest BCUT2D eigenvalue weighted by molar-refractivity contribution is 0.0997. The Hall–Kier alpha value is -2.93. The average molecular weight is 398 g/mol. The Balaban J connectivity index is 1.68. The van der Waals surface area contributed by atoms with Gasteiger partial charge in [-0.1, -0.05) is 46.3 Å². The van der Waals surface area contributed by atoms with E-state index in [1.807, 2.05) is 55.5 Å². The van der Waals surface area contributed by atoms with Gasteiger partial charge >= 0.3 is 0 Å². The lowest BCUT2D eigenvalue weighted by Crippen LogP contribution is -2.13. The minimum absolute atomic E-state index is 0.232. The molecule has 2 aromatic carbocycles. The van der Waals surface area contributed by atoms with Gasteiger partial charge in [0, 0.05) is 21.0 Å². The molecule has 1 N–H and O–H groups in total. The molecule has 0 unspecified atom stereocenters. The number of benzene rings is 2. The Kier molecular flexibility index (Phi) is 3.85. The first-order chi connectivity index (χ1) is 12.1. The number of hydrogen-bond acceptors (Lipinski definition) is 5. The van der Waals surface area contributed by atoms with Crippen LogP contribution in [0.3, 0.4) is 0 Å². The predicted octanol–water partition coefficient (Wildman–Crippen LogP) is 4.81. The summed E-state index contributed by atoms with van der Waals surface area (Å²) in [5, 5.41) is 11.3. The second-order valence-electron chi connectivity index (χ2n) is 5.48. The number of furan rings is 1. The van der Waals surface area contributed by atoms with Gasteiger partial charge in [0.05, 0.1) is 0 Å². The predicted molar refractivity (Wildman–Crippen MR) is 96.3 cm³/mol. The zero-order valence-corrected chi connectivity index (χ0v) is 14.7. The van der Waals surface area contributed by atoms with Gasteiger partial charge in [0.2, 0.25) is 5.82 Å². The van der Waals surface area contributed by atoms with Crippen molar-refractivity contribution in [3.8, 4) is 11.3 Å². The molecule has 0 radical (unpaired) electrons. The molecule has 2 heterocycles. The Bertz CT molecular complexity index is 1070. The number of halogens is 1. The van der Waals surface area contributed by atoms with Crippen LogP contribution in [0.4, 0.5) is 5.82 Å². The normalized spacial score (nSPS) is 11.0. The van der Waals surface area contributed by atoms with Gasteiger partial charge in [0.1, 0.15) is 5.58 Å². The zero-order chi connectivity index (χ0) is 17.4. The molecule has 1 amide bonds. The first kappa shape index (κ1) is 15.6. The first-order valence-electron chi connectivity index (χ1n) is 7.51. The molecule has 4 rings (SSSR count). The molecule has 0 atom stereocenters. The number of aromatic nitrogens is 2. The highest BCUT2D eigenvalue weighted by Crippen LogP contribution is 2.29. The van der Waals surface area contributed by atoms with E-state index in [2.05, 4.69) is 31.6 Å². The maximum atomic E-state index is 12.6. The largest absolute Gasteiger partial charge is 0.451 e. The summed E-state index contributed by atoms with van der Waals surface area (Å²) in [6.07, 6.45) is 0. The highest BCUT2D eigenvalue weighted by Gasteiger charge is 2.21. The highest BCUT2D eigenvalue weighted by atomic mass is 79.9. The van der Waals surface area contributed by atoms with E-state index in [1.54, 1.807) is 0 Å². The molecule has 0 saturated heterocycles. The molecule has 0 aliphatic carbocycles. The van der Waals surface area contributed by atoms with Crippen molar-refractivity contribution in [3.05, 3.63) is 64.3 Å². The first-order valence-corrected chi connectivity index (χ1v) is 8.31. The van der Waals surface area contributed by atoms with Crippen molar-refractivity contribution in [1.29, 1.82) is 0 Å². The quantitative estimate of drug-likeness (QED) is 0.536. The third kappa shape index (κ3) is 2.83. The van der Waals surface area contributed by atoms with Crippen LogP contribution in [0, 0.1) is 6.92 Å². The summed E-state index contributed by atoms with van der Waals surface area (Å²) in [5.74, 6) is 0.0741. The van der Waals surface area contributed by atoms with E-state index in [9.17, 15) is 4.79 Å². The fraction of sp³-hybridized carbons (Fsp3) is 0.0556. The van der Waals surface area contributed by atoms with Crippen molar-refractivity contribution < 1.29 is 13.8 Å². The topological polar surface area (TPSA) is 81.2 Å². The third-order valence-corrected chi connectivity index (χ3v) is 4.37. The number of anilines is 1. The smallest absolute Gasteiger partial charge is 0.292 e. The number of fused-ring (bicyclic) bond motifs is 1. The number of carbonyl (C=O) groups excluding carboxylic acids is 1. The Morgan fingerprint density at radius 2 is 1.92 bits per heavy atom. The summed E-state index contributed by atoms with van der Waals surface area (Å²) in [4.78, 5) is 12.6. The monoisotopic (exact) mass is 397 g/mol. The number of hydrogen-bond donors (Lipinski definition) is 1. The van der Waals surface area contributed by atoms with E-state index in [4.69, 9.17) is 9.05 Å². The number of amides is 1. The van der Waals surface area contributed by atoms with E-state index in [-0.39, 0.29) is 11.6 Å². The molecule has 7 heteroatoms. The van der Waals surface area contributed by atoms with Gasteiger partial charge in [0.25, 0.3) is 5.91 Å². The maximum Gasteiger partial charge on any atom is 0.292 e. The number of aryl methyl sites for hydroxylation is 1. The molecule has 0 aliphatic heterocycles. The molecule has 25 heavy (non-hydrogen) atoms. The SMILES string of the molecule is Cc1c(C(=O)Nc2nonc2-c2ccccc2)oc2cc(Br)ccc12. The van der Waals surface area contributed by atoms with E-state index in [0.717, 1.165) is 21.0 Å². The Labute approximate surface area is 150 Å². The van der Waals surface area contributed by atoms with Crippen LogP contribution in [0.25, 0.3) is 22.2 Å². The van der Waals surface area contributed by atoms with Crippen molar-refractivity contribution in [2.24, 2.45) is 0 Å². The lowest BCUT2D eigenvalue weighted by atomic mass is 10.1. The molecular weight excluding hydrogens is 386 g/mol. The van der Waals surface area contributed by atoms with E-state index < -0.39 is 5.91 Å².